The van der Waals surface area contributed by atoms with Gasteiger partial charge in [-0.1, -0.05) is 188 Å². The van der Waals surface area contributed by atoms with E-state index in [-0.39, 0.29) is 0 Å². The molecule has 3 heteroatoms. The predicted molar refractivity (Wildman–Crippen MR) is 222 cm³/mol. The van der Waals surface area contributed by atoms with Gasteiger partial charge in [-0.3, -0.25) is 0 Å². The van der Waals surface area contributed by atoms with Gasteiger partial charge in [-0.25, -0.2) is 9.97 Å². The van der Waals surface area contributed by atoms with Gasteiger partial charge in [-0.15, -0.1) is 0 Å². The molecule has 0 saturated carbocycles. The molecule has 0 aliphatic carbocycles. The average molecular weight is 693 g/mol. The second-order valence-corrected chi connectivity index (χ2v) is 14.4. The van der Waals surface area contributed by atoms with Crippen molar-refractivity contribution in [1.82, 2.24) is 9.97 Å². The molecule has 1 aliphatic rings. The molecule has 10 rings (SSSR count). The number of rotatable bonds is 3. The molecule has 8 aromatic carbocycles. The van der Waals surface area contributed by atoms with Crippen molar-refractivity contribution in [2.45, 2.75) is 9.79 Å². The maximum absolute atomic E-state index is 5.23. The summed E-state index contributed by atoms with van der Waals surface area (Å²) in [4.78, 5) is 12.8. The van der Waals surface area contributed by atoms with Crippen LogP contribution in [0.4, 0.5) is 0 Å². The van der Waals surface area contributed by atoms with E-state index >= 15 is 0 Å². The largest absolute Gasteiger partial charge is 0.228 e. The SMILES string of the molecule is c1ccc(-c2cc(-c3ccc4c(c3)-c3ccc5ccccc5c3Sc3ccccc3-c3ccccc3-c3ccccc3-4)nc(-c3ccccc3)n2)cc1. The van der Waals surface area contributed by atoms with Gasteiger partial charge >= 0.3 is 0 Å². The molecule has 1 aliphatic heterocycles. The number of benzene rings is 8. The molecule has 2 nitrogen and oxygen atoms in total. The van der Waals surface area contributed by atoms with Crippen LogP contribution in [0.3, 0.4) is 0 Å². The van der Waals surface area contributed by atoms with Gasteiger partial charge in [0.15, 0.2) is 5.82 Å². The Bertz CT molecular complexity index is 2750. The summed E-state index contributed by atoms with van der Waals surface area (Å²) in [5.41, 5.74) is 14.5. The summed E-state index contributed by atoms with van der Waals surface area (Å²) in [7, 11) is 0. The monoisotopic (exact) mass is 692 g/mol. The van der Waals surface area contributed by atoms with Gasteiger partial charge in [-0.05, 0) is 73.5 Å². The van der Waals surface area contributed by atoms with Gasteiger partial charge in [-0.2, -0.15) is 0 Å². The molecule has 0 N–H and O–H groups in total. The van der Waals surface area contributed by atoms with Crippen molar-refractivity contribution in [3.63, 3.8) is 0 Å². The van der Waals surface area contributed by atoms with Crippen molar-refractivity contribution >= 4 is 22.5 Å². The molecule has 0 amide bonds. The van der Waals surface area contributed by atoms with Crippen molar-refractivity contribution in [1.29, 1.82) is 0 Å². The zero-order chi connectivity index (χ0) is 35.1. The van der Waals surface area contributed by atoms with Crippen molar-refractivity contribution in [2.24, 2.45) is 0 Å². The van der Waals surface area contributed by atoms with E-state index in [0.29, 0.717) is 5.82 Å². The maximum atomic E-state index is 5.23. The Morgan fingerprint density at radius 3 is 1.53 bits per heavy atom. The number of nitrogens with zero attached hydrogens (tertiary/aromatic N) is 2. The van der Waals surface area contributed by atoms with Gasteiger partial charge < -0.3 is 0 Å². The molecule has 0 radical (unpaired) electrons. The Labute approximate surface area is 313 Å². The van der Waals surface area contributed by atoms with Crippen LogP contribution in [0, 0.1) is 0 Å². The standard InChI is InChI=1S/C50H32N2S/c1-3-16-34(17-4-1)46-32-47(52-50(51-46)35-18-5-2-6-19-35)36-28-29-42-40-23-10-9-21-38(40)39-22-11-12-24-41(39)43-25-13-14-26-48(43)53-49-37-20-8-7-15-33(37)27-30-44(49)45(42)31-36/h1-32H. The topological polar surface area (TPSA) is 25.8 Å². The molecule has 0 atom stereocenters. The highest BCUT2D eigenvalue weighted by Gasteiger charge is 2.23. The third kappa shape index (κ3) is 5.63. The van der Waals surface area contributed by atoms with Crippen LogP contribution in [0.1, 0.15) is 0 Å². The Kier molecular flexibility index (Phi) is 7.78. The third-order valence-electron chi connectivity index (χ3n) is 10.1. The lowest BCUT2D eigenvalue weighted by atomic mass is 9.85. The summed E-state index contributed by atoms with van der Waals surface area (Å²) in [6.45, 7) is 0. The number of hydrogen-bond acceptors (Lipinski definition) is 3. The van der Waals surface area contributed by atoms with Gasteiger partial charge in [0.1, 0.15) is 0 Å². The molecular formula is C50H32N2S. The van der Waals surface area contributed by atoms with Gasteiger partial charge in [0.25, 0.3) is 0 Å². The van der Waals surface area contributed by atoms with Crippen molar-refractivity contribution in [3.8, 4) is 78.4 Å². The number of fused-ring (bicyclic) bond motifs is 11. The van der Waals surface area contributed by atoms with E-state index in [9.17, 15) is 0 Å². The fourth-order valence-electron chi connectivity index (χ4n) is 7.59. The summed E-state index contributed by atoms with van der Waals surface area (Å²) < 4.78 is 0. The van der Waals surface area contributed by atoms with E-state index < -0.39 is 0 Å². The third-order valence-corrected chi connectivity index (χ3v) is 11.4. The van der Waals surface area contributed by atoms with E-state index in [2.05, 4.69) is 170 Å². The molecule has 0 unspecified atom stereocenters. The van der Waals surface area contributed by atoms with Crippen LogP contribution in [0.25, 0.3) is 89.2 Å². The van der Waals surface area contributed by atoms with E-state index in [4.69, 9.17) is 9.97 Å². The summed E-state index contributed by atoms with van der Waals surface area (Å²) in [5, 5.41) is 2.46. The lowest BCUT2D eigenvalue weighted by Gasteiger charge is -2.19. The molecule has 0 bridgehead atoms. The second-order valence-electron chi connectivity index (χ2n) is 13.3. The zero-order valence-electron chi connectivity index (χ0n) is 28.8. The average Bonchev–Trinajstić information content (AvgIpc) is 3.25. The van der Waals surface area contributed by atoms with Crippen LogP contribution in [0.2, 0.25) is 0 Å². The number of hydrogen-bond donors (Lipinski definition) is 0. The van der Waals surface area contributed by atoms with Crippen molar-refractivity contribution in [3.05, 3.63) is 194 Å². The highest BCUT2D eigenvalue weighted by atomic mass is 32.2. The molecular weight excluding hydrogens is 661 g/mol. The molecule has 0 saturated heterocycles. The number of aromatic nitrogens is 2. The van der Waals surface area contributed by atoms with Gasteiger partial charge in [0.2, 0.25) is 0 Å². The van der Waals surface area contributed by atoms with Gasteiger partial charge in [0, 0.05) is 26.5 Å². The zero-order valence-corrected chi connectivity index (χ0v) is 29.6. The first kappa shape index (κ1) is 31.2. The molecule has 2 heterocycles. The Balaban J connectivity index is 1.29. The van der Waals surface area contributed by atoms with Crippen LogP contribution in [-0.4, -0.2) is 9.97 Å². The summed E-state index contributed by atoms with van der Waals surface area (Å²) in [6.07, 6.45) is 0. The first-order valence-electron chi connectivity index (χ1n) is 17.9. The lowest BCUT2D eigenvalue weighted by Crippen LogP contribution is -1.97. The van der Waals surface area contributed by atoms with Crippen LogP contribution in [-0.2, 0) is 0 Å². The Hall–Kier alpha value is -6.55. The summed E-state index contributed by atoms with van der Waals surface area (Å²) in [6, 6.07) is 69.5. The van der Waals surface area contributed by atoms with Crippen LogP contribution in [0.15, 0.2) is 204 Å². The van der Waals surface area contributed by atoms with E-state index in [1.54, 1.807) is 0 Å². The fourth-order valence-corrected chi connectivity index (χ4v) is 8.83. The normalized spacial score (nSPS) is 11.7. The first-order chi connectivity index (χ1) is 26.3. The van der Waals surface area contributed by atoms with Crippen LogP contribution in [0.5, 0.6) is 0 Å². The first-order valence-corrected chi connectivity index (χ1v) is 18.7. The minimum Gasteiger partial charge on any atom is -0.228 e. The summed E-state index contributed by atoms with van der Waals surface area (Å²) >= 11 is 1.86. The van der Waals surface area contributed by atoms with Gasteiger partial charge in [0.05, 0.1) is 11.4 Å². The summed E-state index contributed by atoms with van der Waals surface area (Å²) in [5.74, 6) is 0.707. The molecule has 9 aromatic rings. The minimum absolute atomic E-state index is 0.707. The predicted octanol–water partition coefficient (Wildman–Crippen LogP) is 13.8. The molecule has 248 valence electrons. The second kappa shape index (κ2) is 13.2. The van der Waals surface area contributed by atoms with Crippen LogP contribution < -0.4 is 0 Å². The highest BCUT2D eigenvalue weighted by Crippen LogP contribution is 2.50. The fraction of sp³-hybridized carbons (Fsp3) is 0. The molecule has 1 aromatic heterocycles. The Morgan fingerprint density at radius 2 is 0.830 bits per heavy atom. The molecule has 0 fully saturated rings. The van der Waals surface area contributed by atoms with Crippen molar-refractivity contribution < 1.29 is 0 Å². The van der Waals surface area contributed by atoms with E-state index in [1.165, 1.54) is 65.1 Å². The quantitative estimate of drug-likeness (QED) is 0.184. The minimum atomic E-state index is 0.707. The van der Waals surface area contributed by atoms with Crippen LogP contribution >= 0.6 is 11.8 Å². The molecule has 0 spiro atoms. The molecule has 53 heavy (non-hydrogen) atoms. The van der Waals surface area contributed by atoms with Crippen molar-refractivity contribution in [2.75, 3.05) is 0 Å². The lowest BCUT2D eigenvalue weighted by molar-refractivity contribution is 1.18. The highest BCUT2D eigenvalue weighted by molar-refractivity contribution is 7.99. The smallest absolute Gasteiger partial charge is 0.160 e. The van der Waals surface area contributed by atoms with E-state index in [1.807, 2.05) is 36.0 Å². The van der Waals surface area contributed by atoms with E-state index in [0.717, 1.165) is 28.1 Å². The Morgan fingerprint density at radius 1 is 0.321 bits per heavy atom. The maximum Gasteiger partial charge on any atom is 0.160 e.